The number of hydrogen-bond acceptors (Lipinski definition) is 5. The predicted octanol–water partition coefficient (Wildman–Crippen LogP) is 4.10. The van der Waals surface area contributed by atoms with Crippen LogP contribution in [0.1, 0.15) is 72.1 Å². The summed E-state index contributed by atoms with van der Waals surface area (Å²) in [6.07, 6.45) is 8.12. The molecule has 5 heteroatoms. The second kappa shape index (κ2) is 10.5. The van der Waals surface area contributed by atoms with Crippen LogP contribution < -0.4 is 0 Å². The highest BCUT2D eigenvalue weighted by Crippen LogP contribution is 2.29. The van der Waals surface area contributed by atoms with Crippen molar-refractivity contribution in [2.24, 2.45) is 5.41 Å². The highest BCUT2D eigenvalue weighted by Gasteiger charge is 2.34. The van der Waals surface area contributed by atoms with Crippen molar-refractivity contribution >= 4 is 11.6 Å². The molecule has 1 N–H and O–H groups in total. The van der Waals surface area contributed by atoms with Crippen molar-refractivity contribution < 1.29 is 24.2 Å². The summed E-state index contributed by atoms with van der Waals surface area (Å²) in [7, 11) is 2.76. The van der Waals surface area contributed by atoms with E-state index in [1.807, 2.05) is 0 Å². The Kier molecular flexibility index (Phi) is 9.06. The van der Waals surface area contributed by atoms with Gasteiger partial charge < -0.3 is 14.6 Å². The third kappa shape index (κ3) is 5.97. The molecular weight excluding hydrogens is 332 g/mol. The van der Waals surface area contributed by atoms with Gasteiger partial charge in [0.25, 0.3) is 0 Å². The van der Waals surface area contributed by atoms with Crippen LogP contribution in [0.4, 0.5) is 0 Å². The molecule has 0 aliphatic heterocycles. The Morgan fingerprint density at radius 2 is 1.35 bits per heavy atom. The minimum absolute atomic E-state index is 0.00422. The van der Waals surface area contributed by atoms with E-state index in [9.17, 15) is 14.7 Å². The maximum Gasteiger partial charge on any atom is 0.228 e. The molecule has 0 atom stereocenters. The van der Waals surface area contributed by atoms with Gasteiger partial charge in [0.1, 0.15) is 0 Å². The molecule has 0 aromatic heterocycles. The first-order valence-corrected chi connectivity index (χ1v) is 9.51. The molecular formula is C21H34O5. The van der Waals surface area contributed by atoms with E-state index in [-0.39, 0.29) is 35.1 Å². The standard InChI is InChI=1S/C21H34O5/c1-15-16(18(24)20(26-5)19(25-4)17(15)23)12-10-8-6-7-9-11-13-21(2,3)14-22/h22H,6-14H2,1-5H3. The summed E-state index contributed by atoms with van der Waals surface area (Å²) in [5.74, 6) is -0.465. The third-order valence-corrected chi connectivity index (χ3v) is 5.05. The maximum atomic E-state index is 12.5. The monoisotopic (exact) mass is 366 g/mol. The molecule has 5 nitrogen and oxygen atoms in total. The number of rotatable bonds is 12. The molecule has 0 bridgehead atoms. The van der Waals surface area contributed by atoms with Crippen LogP contribution in [-0.4, -0.2) is 37.5 Å². The molecule has 0 fully saturated rings. The maximum absolute atomic E-state index is 12.5. The van der Waals surface area contributed by atoms with E-state index >= 15 is 0 Å². The predicted molar refractivity (Wildman–Crippen MR) is 102 cm³/mol. The van der Waals surface area contributed by atoms with Crippen LogP contribution >= 0.6 is 0 Å². The summed E-state index contributed by atoms with van der Waals surface area (Å²) in [5, 5.41) is 9.24. The van der Waals surface area contributed by atoms with Gasteiger partial charge in [-0.2, -0.15) is 0 Å². The van der Waals surface area contributed by atoms with Crippen molar-refractivity contribution in [3.05, 3.63) is 22.7 Å². The van der Waals surface area contributed by atoms with Crippen molar-refractivity contribution in [1.82, 2.24) is 0 Å². The minimum atomic E-state index is -0.259. The van der Waals surface area contributed by atoms with Gasteiger partial charge in [-0.05, 0) is 31.6 Å². The average Bonchev–Trinajstić information content (AvgIpc) is 2.62. The van der Waals surface area contributed by atoms with E-state index in [2.05, 4.69) is 13.8 Å². The van der Waals surface area contributed by atoms with Crippen molar-refractivity contribution in [1.29, 1.82) is 0 Å². The molecule has 0 aromatic rings. The Bertz CT molecular complexity index is 569. The number of ether oxygens (including phenoxy) is 2. The first-order valence-electron chi connectivity index (χ1n) is 9.51. The number of aliphatic hydroxyl groups excluding tert-OH is 1. The van der Waals surface area contributed by atoms with E-state index in [0.717, 1.165) is 44.9 Å². The van der Waals surface area contributed by atoms with Gasteiger partial charge in [0, 0.05) is 17.8 Å². The zero-order valence-electron chi connectivity index (χ0n) is 16.9. The number of carbonyl (C=O) groups excluding carboxylic acids is 2. The lowest BCUT2D eigenvalue weighted by Gasteiger charge is -2.21. The van der Waals surface area contributed by atoms with Crippen LogP contribution in [0.3, 0.4) is 0 Å². The van der Waals surface area contributed by atoms with Crippen LogP contribution in [0.15, 0.2) is 22.7 Å². The molecule has 1 aliphatic carbocycles. The lowest BCUT2D eigenvalue weighted by Crippen LogP contribution is -2.25. The number of carbonyl (C=O) groups is 2. The average molecular weight is 366 g/mol. The van der Waals surface area contributed by atoms with Crippen LogP contribution in [0, 0.1) is 5.41 Å². The Morgan fingerprint density at radius 3 is 1.88 bits per heavy atom. The van der Waals surface area contributed by atoms with Gasteiger partial charge in [-0.25, -0.2) is 0 Å². The molecule has 0 saturated carbocycles. The summed E-state index contributed by atoms with van der Waals surface area (Å²) in [6, 6.07) is 0. The normalized spacial score (nSPS) is 15.8. The Balaban J connectivity index is 2.38. The van der Waals surface area contributed by atoms with Gasteiger partial charge in [-0.1, -0.05) is 46.0 Å². The number of allylic oxidation sites excluding steroid dienone is 2. The molecule has 0 saturated heterocycles. The highest BCUT2D eigenvalue weighted by molar-refractivity contribution is 6.23. The fourth-order valence-corrected chi connectivity index (χ4v) is 3.18. The van der Waals surface area contributed by atoms with Crippen molar-refractivity contribution in [2.45, 2.75) is 72.1 Å². The number of Topliss-reactive ketones (excluding diaryl/α,β-unsaturated/α-hetero) is 2. The minimum Gasteiger partial charge on any atom is -0.489 e. The van der Waals surface area contributed by atoms with Gasteiger partial charge >= 0.3 is 0 Å². The second-order valence-electron chi connectivity index (χ2n) is 7.77. The van der Waals surface area contributed by atoms with Crippen molar-refractivity contribution in [3.63, 3.8) is 0 Å². The largest absolute Gasteiger partial charge is 0.489 e. The highest BCUT2D eigenvalue weighted by atomic mass is 16.5. The molecule has 0 heterocycles. The molecule has 0 radical (unpaired) electrons. The van der Waals surface area contributed by atoms with Gasteiger partial charge in [-0.3, -0.25) is 9.59 Å². The smallest absolute Gasteiger partial charge is 0.228 e. The summed E-state index contributed by atoms with van der Waals surface area (Å²) in [5.41, 5.74) is 1.04. The summed E-state index contributed by atoms with van der Waals surface area (Å²) in [6.45, 7) is 6.09. The molecule has 1 rings (SSSR count). The Morgan fingerprint density at radius 1 is 0.846 bits per heavy atom. The van der Waals surface area contributed by atoms with E-state index in [1.165, 1.54) is 14.2 Å². The zero-order chi connectivity index (χ0) is 19.7. The number of aliphatic hydroxyl groups is 1. The van der Waals surface area contributed by atoms with E-state index < -0.39 is 0 Å². The summed E-state index contributed by atoms with van der Waals surface area (Å²) in [4.78, 5) is 24.8. The quantitative estimate of drug-likeness (QED) is 0.416. The number of ketones is 2. The van der Waals surface area contributed by atoms with Gasteiger partial charge in [0.2, 0.25) is 23.1 Å². The van der Waals surface area contributed by atoms with Gasteiger partial charge in [0.05, 0.1) is 14.2 Å². The van der Waals surface area contributed by atoms with Crippen molar-refractivity contribution in [2.75, 3.05) is 20.8 Å². The van der Waals surface area contributed by atoms with E-state index in [4.69, 9.17) is 9.47 Å². The summed E-state index contributed by atoms with van der Waals surface area (Å²) < 4.78 is 10.1. The zero-order valence-corrected chi connectivity index (χ0v) is 16.9. The molecule has 0 unspecified atom stereocenters. The Labute approximate surface area is 157 Å². The third-order valence-electron chi connectivity index (χ3n) is 5.05. The molecule has 1 aliphatic rings. The Hall–Kier alpha value is -1.62. The van der Waals surface area contributed by atoms with E-state index in [1.54, 1.807) is 6.92 Å². The number of methoxy groups -OCH3 is 2. The fraction of sp³-hybridized carbons (Fsp3) is 0.714. The lowest BCUT2D eigenvalue weighted by atomic mass is 9.87. The van der Waals surface area contributed by atoms with Crippen LogP contribution in [0.25, 0.3) is 0 Å². The van der Waals surface area contributed by atoms with Gasteiger partial charge in [0.15, 0.2) is 0 Å². The molecule has 26 heavy (non-hydrogen) atoms. The second-order valence-corrected chi connectivity index (χ2v) is 7.77. The van der Waals surface area contributed by atoms with Crippen molar-refractivity contribution in [3.8, 4) is 0 Å². The number of hydrogen-bond donors (Lipinski definition) is 1. The van der Waals surface area contributed by atoms with E-state index in [0.29, 0.717) is 17.6 Å². The van der Waals surface area contributed by atoms with Gasteiger partial charge in [-0.15, -0.1) is 0 Å². The van der Waals surface area contributed by atoms with Crippen LogP contribution in [0.5, 0.6) is 0 Å². The summed E-state index contributed by atoms with van der Waals surface area (Å²) >= 11 is 0. The SMILES string of the molecule is COC1=C(OC)C(=O)C(CCCCCCCCC(C)(C)CO)=C(C)C1=O. The lowest BCUT2D eigenvalue weighted by molar-refractivity contribution is -0.121. The molecule has 0 spiro atoms. The molecule has 148 valence electrons. The van der Waals surface area contributed by atoms with Crippen LogP contribution in [0.2, 0.25) is 0 Å². The first-order chi connectivity index (χ1) is 12.3. The van der Waals surface area contributed by atoms with Crippen LogP contribution in [-0.2, 0) is 19.1 Å². The number of unbranched alkanes of at least 4 members (excludes halogenated alkanes) is 5. The fourth-order valence-electron chi connectivity index (χ4n) is 3.18. The molecule has 0 amide bonds. The molecule has 0 aromatic carbocycles. The topological polar surface area (TPSA) is 72.8 Å². The first kappa shape index (κ1) is 22.4.